The van der Waals surface area contributed by atoms with Gasteiger partial charge in [-0.05, 0) is 41.2 Å². The van der Waals surface area contributed by atoms with E-state index in [4.69, 9.17) is 5.73 Å². The van der Waals surface area contributed by atoms with Gasteiger partial charge >= 0.3 is 0 Å². The third-order valence-electron chi connectivity index (χ3n) is 3.69. The third kappa shape index (κ3) is 1.50. The maximum Gasteiger partial charge on any atom is 0.0564 e. The van der Waals surface area contributed by atoms with Crippen LogP contribution < -0.4 is 5.73 Å². The molecule has 1 unspecified atom stereocenters. The van der Waals surface area contributed by atoms with E-state index in [0.29, 0.717) is 0 Å². The molecule has 0 amide bonds. The molecule has 1 aliphatic rings. The summed E-state index contributed by atoms with van der Waals surface area (Å²) >= 11 is 0. The van der Waals surface area contributed by atoms with Crippen LogP contribution >= 0.6 is 0 Å². The van der Waals surface area contributed by atoms with Gasteiger partial charge in [0.05, 0.1) is 6.04 Å². The molecule has 0 heterocycles. The average molecular weight is 223 g/mol. The van der Waals surface area contributed by atoms with Gasteiger partial charge in [-0.1, -0.05) is 48.9 Å². The number of rotatable bonds is 1. The van der Waals surface area contributed by atoms with Crippen molar-refractivity contribution in [2.24, 2.45) is 5.73 Å². The van der Waals surface area contributed by atoms with E-state index in [1.165, 1.54) is 33.4 Å². The topological polar surface area (TPSA) is 26.0 Å². The van der Waals surface area contributed by atoms with E-state index >= 15 is 0 Å². The number of fused-ring (bicyclic) bond motifs is 3. The summed E-state index contributed by atoms with van der Waals surface area (Å²) in [6.07, 6.45) is 1.06. The fraction of sp³-hybridized carbons (Fsp3) is 0.250. The van der Waals surface area contributed by atoms with Crippen molar-refractivity contribution < 1.29 is 0 Å². The summed E-state index contributed by atoms with van der Waals surface area (Å²) in [6, 6.07) is 13.3. The van der Waals surface area contributed by atoms with Crippen LogP contribution in [0.25, 0.3) is 11.1 Å². The van der Waals surface area contributed by atoms with Crippen molar-refractivity contribution in [2.45, 2.75) is 26.3 Å². The molecular weight excluding hydrogens is 206 g/mol. The van der Waals surface area contributed by atoms with Gasteiger partial charge in [-0.2, -0.15) is 0 Å². The largest absolute Gasteiger partial charge is 0.320 e. The molecule has 0 saturated carbocycles. The summed E-state index contributed by atoms with van der Waals surface area (Å²) in [4.78, 5) is 0. The highest BCUT2D eigenvalue weighted by atomic mass is 14.7. The van der Waals surface area contributed by atoms with Crippen molar-refractivity contribution in [3.05, 3.63) is 58.7 Å². The molecular formula is C16H17N. The van der Waals surface area contributed by atoms with Crippen molar-refractivity contribution in [3.8, 4) is 11.1 Å². The van der Waals surface area contributed by atoms with Crippen LogP contribution in [-0.2, 0) is 6.42 Å². The van der Waals surface area contributed by atoms with E-state index in [9.17, 15) is 0 Å². The molecule has 0 fully saturated rings. The number of benzene rings is 2. The highest BCUT2D eigenvalue weighted by Gasteiger charge is 2.25. The fourth-order valence-corrected chi connectivity index (χ4v) is 2.69. The van der Waals surface area contributed by atoms with Crippen molar-refractivity contribution in [1.82, 2.24) is 0 Å². The molecule has 2 aromatic carbocycles. The monoisotopic (exact) mass is 223 g/mol. The molecule has 0 aliphatic heterocycles. The molecule has 2 aromatic rings. The summed E-state index contributed by atoms with van der Waals surface area (Å²) < 4.78 is 0. The van der Waals surface area contributed by atoms with Gasteiger partial charge in [0.25, 0.3) is 0 Å². The zero-order valence-electron chi connectivity index (χ0n) is 10.3. The Morgan fingerprint density at radius 3 is 2.35 bits per heavy atom. The second kappa shape index (κ2) is 3.71. The summed E-state index contributed by atoms with van der Waals surface area (Å²) in [5, 5.41) is 0. The number of hydrogen-bond acceptors (Lipinski definition) is 1. The molecule has 2 N–H and O–H groups in total. The van der Waals surface area contributed by atoms with Gasteiger partial charge < -0.3 is 5.73 Å². The first-order chi connectivity index (χ1) is 8.20. The smallest absolute Gasteiger partial charge is 0.0564 e. The standard InChI is InChI=1S/C16H17N/c1-3-11-5-7-13-12-6-4-10(2)8-14(12)16(17)15(13)9-11/h4-9,16H,3,17H2,1-2H3. The lowest BCUT2D eigenvalue weighted by Gasteiger charge is -2.08. The summed E-state index contributed by atoms with van der Waals surface area (Å²) in [6.45, 7) is 4.30. The average Bonchev–Trinajstić information content (AvgIpc) is 2.62. The molecule has 0 spiro atoms. The summed E-state index contributed by atoms with van der Waals surface area (Å²) in [5.74, 6) is 0. The minimum Gasteiger partial charge on any atom is -0.320 e. The first-order valence-electron chi connectivity index (χ1n) is 6.20. The normalized spacial score (nSPS) is 16.8. The Kier molecular flexibility index (Phi) is 2.30. The van der Waals surface area contributed by atoms with E-state index in [-0.39, 0.29) is 6.04 Å². The maximum atomic E-state index is 6.35. The SMILES string of the molecule is CCc1ccc2c(c1)C(N)c1cc(C)ccc1-2. The minimum atomic E-state index is 0.0476. The van der Waals surface area contributed by atoms with E-state index in [2.05, 4.69) is 50.2 Å². The van der Waals surface area contributed by atoms with Crippen LogP contribution in [0.1, 0.15) is 35.2 Å². The first kappa shape index (κ1) is 10.5. The van der Waals surface area contributed by atoms with Gasteiger partial charge in [-0.3, -0.25) is 0 Å². The first-order valence-corrected chi connectivity index (χ1v) is 6.20. The molecule has 1 aliphatic carbocycles. The molecule has 0 radical (unpaired) electrons. The molecule has 1 heteroatoms. The molecule has 86 valence electrons. The second-order valence-corrected chi connectivity index (χ2v) is 4.84. The number of hydrogen-bond donors (Lipinski definition) is 1. The van der Waals surface area contributed by atoms with E-state index in [0.717, 1.165) is 6.42 Å². The highest BCUT2D eigenvalue weighted by Crippen LogP contribution is 2.42. The van der Waals surface area contributed by atoms with Crippen molar-refractivity contribution in [1.29, 1.82) is 0 Å². The Labute approximate surface area is 102 Å². The van der Waals surface area contributed by atoms with Crippen LogP contribution in [0.4, 0.5) is 0 Å². The number of nitrogens with two attached hydrogens (primary N) is 1. The van der Waals surface area contributed by atoms with Crippen molar-refractivity contribution in [3.63, 3.8) is 0 Å². The number of aryl methyl sites for hydroxylation is 2. The van der Waals surface area contributed by atoms with Crippen molar-refractivity contribution >= 4 is 0 Å². The van der Waals surface area contributed by atoms with Gasteiger partial charge in [0.15, 0.2) is 0 Å². The molecule has 3 rings (SSSR count). The molecule has 17 heavy (non-hydrogen) atoms. The van der Waals surface area contributed by atoms with Crippen LogP contribution in [0.3, 0.4) is 0 Å². The quantitative estimate of drug-likeness (QED) is 0.785. The fourth-order valence-electron chi connectivity index (χ4n) is 2.69. The van der Waals surface area contributed by atoms with Crippen LogP contribution in [0, 0.1) is 6.92 Å². The highest BCUT2D eigenvalue weighted by molar-refractivity contribution is 5.79. The van der Waals surface area contributed by atoms with Gasteiger partial charge in [-0.15, -0.1) is 0 Å². The predicted octanol–water partition coefficient (Wildman–Crippen LogP) is 3.59. The van der Waals surface area contributed by atoms with E-state index in [1.807, 2.05) is 0 Å². The Hall–Kier alpha value is -1.60. The lowest BCUT2D eigenvalue weighted by molar-refractivity contribution is 0.895. The summed E-state index contributed by atoms with van der Waals surface area (Å²) in [5.41, 5.74) is 14.2. The van der Waals surface area contributed by atoms with Gasteiger partial charge in [0.1, 0.15) is 0 Å². The van der Waals surface area contributed by atoms with Crippen LogP contribution in [0.5, 0.6) is 0 Å². The molecule has 0 bridgehead atoms. The Morgan fingerprint density at radius 2 is 1.65 bits per heavy atom. The lowest BCUT2D eigenvalue weighted by Crippen LogP contribution is -2.08. The van der Waals surface area contributed by atoms with Gasteiger partial charge in [0, 0.05) is 0 Å². The molecule has 0 saturated heterocycles. The van der Waals surface area contributed by atoms with Crippen LogP contribution in [0.2, 0.25) is 0 Å². The van der Waals surface area contributed by atoms with Crippen LogP contribution in [0.15, 0.2) is 36.4 Å². The van der Waals surface area contributed by atoms with Crippen molar-refractivity contribution in [2.75, 3.05) is 0 Å². The van der Waals surface area contributed by atoms with Gasteiger partial charge in [0.2, 0.25) is 0 Å². The zero-order chi connectivity index (χ0) is 12.0. The maximum absolute atomic E-state index is 6.35. The van der Waals surface area contributed by atoms with Gasteiger partial charge in [-0.25, -0.2) is 0 Å². The third-order valence-corrected chi connectivity index (χ3v) is 3.69. The second-order valence-electron chi connectivity index (χ2n) is 4.84. The zero-order valence-corrected chi connectivity index (χ0v) is 10.3. The summed E-state index contributed by atoms with van der Waals surface area (Å²) in [7, 11) is 0. The Bertz CT molecular complexity index is 584. The Morgan fingerprint density at radius 1 is 1.00 bits per heavy atom. The molecule has 0 aromatic heterocycles. The molecule has 1 nitrogen and oxygen atoms in total. The Balaban J connectivity index is 2.23. The van der Waals surface area contributed by atoms with Crippen LogP contribution in [-0.4, -0.2) is 0 Å². The minimum absolute atomic E-state index is 0.0476. The van der Waals surface area contributed by atoms with E-state index < -0.39 is 0 Å². The van der Waals surface area contributed by atoms with E-state index in [1.54, 1.807) is 0 Å². The lowest BCUT2D eigenvalue weighted by atomic mass is 10.0. The molecule has 1 atom stereocenters. The predicted molar refractivity (Wildman–Crippen MR) is 72.0 cm³/mol.